The first kappa shape index (κ1) is 21.0. The topological polar surface area (TPSA) is 109 Å². The lowest BCUT2D eigenvalue weighted by molar-refractivity contribution is -0.132. The van der Waals surface area contributed by atoms with Gasteiger partial charge in [0.2, 0.25) is 0 Å². The molecule has 8 heteroatoms. The van der Waals surface area contributed by atoms with Crippen LogP contribution in [0.5, 0.6) is 17.2 Å². The van der Waals surface area contributed by atoms with Crippen molar-refractivity contribution in [2.75, 3.05) is 19.1 Å². The average molecular weight is 435 g/mol. The molecule has 2 aromatic carbocycles. The van der Waals surface area contributed by atoms with E-state index in [0.29, 0.717) is 0 Å². The van der Waals surface area contributed by atoms with Crippen LogP contribution < -0.4 is 14.4 Å². The van der Waals surface area contributed by atoms with Gasteiger partial charge in [0.15, 0.2) is 0 Å². The van der Waals surface area contributed by atoms with E-state index in [1.165, 1.54) is 26.5 Å². The molecule has 0 aliphatic carbocycles. The van der Waals surface area contributed by atoms with Gasteiger partial charge >= 0.3 is 0 Å². The third-order valence-electron chi connectivity index (χ3n) is 5.31. The zero-order chi connectivity index (χ0) is 23.0. The quantitative estimate of drug-likeness (QED) is 0.355. The minimum Gasteiger partial charge on any atom is -0.506 e. The summed E-state index contributed by atoms with van der Waals surface area (Å²) in [5.74, 6) is -1.77. The molecule has 164 valence electrons. The predicted molar refractivity (Wildman–Crippen MR) is 116 cm³/mol. The molecule has 0 bridgehead atoms. The van der Waals surface area contributed by atoms with Gasteiger partial charge in [0.05, 0.1) is 31.7 Å². The lowest BCUT2D eigenvalue weighted by Gasteiger charge is -2.24. The Bertz CT molecular complexity index is 1200. The zero-order valence-electron chi connectivity index (χ0n) is 17.7. The maximum absolute atomic E-state index is 13.2. The van der Waals surface area contributed by atoms with Gasteiger partial charge in [-0.1, -0.05) is 12.1 Å². The van der Waals surface area contributed by atoms with Crippen LogP contribution in [-0.4, -0.2) is 36.1 Å². The Balaban J connectivity index is 2.02. The number of ketones is 1. The number of phenols is 1. The highest BCUT2D eigenvalue weighted by atomic mass is 16.5. The van der Waals surface area contributed by atoms with Gasteiger partial charge in [-0.05, 0) is 48.9 Å². The van der Waals surface area contributed by atoms with Gasteiger partial charge < -0.3 is 24.1 Å². The number of anilines is 1. The average Bonchev–Trinajstić information content (AvgIpc) is 3.41. The summed E-state index contributed by atoms with van der Waals surface area (Å²) in [5, 5.41) is 21.8. The molecule has 2 N–H and O–H groups in total. The monoisotopic (exact) mass is 435 g/mol. The number of amides is 1. The molecule has 1 unspecified atom stereocenters. The fourth-order valence-electron chi connectivity index (χ4n) is 3.84. The summed E-state index contributed by atoms with van der Waals surface area (Å²) >= 11 is 0. The van der Waals surface area contributed by atoms with Crippen molar-refractivity contribution in [3.8, 4) is 17.2 Å². The number of furan rings is 1. The standard InChI is InChI=1S/C24H21NO7/c1-13-9-10-15(26)14(12-13)25-21(18-8-5-11-32-18)20(23(28)24(25)29)22(27)19-16(30-2)6-4-7-17(19)31-3/h4-12,21,26-27H,1-3H3/b22-20+. The van der Waals surface area contributed by atoms with Gasteiger partial charge in [0.25, 0.3) is 11.7 Å². The molecule has 8 nitrogen and oxygen atoms in total. The molecular formula is C24H21NO7. The first-order valence-electron chi connectivity index (χ1n) is 9.74. The largest absolute Gasteiger partial charge is 0.506 e. The summed E-state index contributed by atoms with van der Waals surface area (Å²) < 4.78 is 16.2. The van der Waals surface area contributed by atoms with E-state index in [0.717, 1.165) is 10.5 Å². The Morgan fingerprint density at radius 3 is 2.31 bits per heavy atom. The Labute approximate surface area is 183 Å². The highest BCUT2D eigenvalue weighted by molar-refractivity contribution is 6.52. The van der Waals surface area contributed by atoms with Crippen molar-refractivity contribution in [2.24, 2.45) is 0 Å². The number of hydrogen-bond donors (Lipinski definition) is 2. The number of aliphatic hydroxyl groups excluding tert-OH is 1. The molecule has 0 radical (unpaired) electrons. The Morgan fingerprint density at radius 2 is 1.72 bits per heavy atom. The zero-order valence-corrected chi connectivity index (χ0v) is 17.7. The number of rotatable bonds is 5. The van der Waals surface area contributed by atoms with E-state index in [9.17, 15) is 19.8 Å². The number of carbonyl (C=O) groups is 2. The Kier molecular flexibility index (Phi) is 5.36. The molecule has 1 aromatic heterocycles. The summed E-state index contributed by atoms with van der Waals surface area (Å²) in [6.07, 6.45) is 1.40. The highest BCUT2D eigenvalue weighted by Crippen LogP contribution is 2.47. The number of aromatic hydroxyl groups is 1. The molecule has 1 aliphatic heterocycles. The van der Waals surface area contributed by atoms with Crippen LogP contribution in [0.4, 0.5) is 5.69 Å². The molecule has 1 amide bonds. The number of phenolic OH excluding ortho intramolecular Hbond substituents is 1. The van der Waals surface area contributed by atoms with Crippen molar-refractivity contribution < 1.29 is 33.7 Å². The predicted octanol–water partition coefficient (Wildman–Crippen LogP) is 3.94. The maximum atomic E-state index is 13.2. The summed E-state index contributed by atoms with van der Waals surface area (Å²) in [4.78, 5) is 27.5. The SMILES string of the molecule is COc1cccc(OC)c1/C(O)=C1\C(=O)C(=O)N(c2cc(C)ccc2O)C1c1ccco1. The fraction of sp³-hybridized carbons (Fsp3) is 0.167. The molecular weight excluding hydrogens is 414 g/mol. The van der Waals surface area contributed by atoms with Crippen LogP contribution in [0.3, 0.4) is 0 Å². The molecule has 2 heterocycles. The normalized spacial score (nSPS) is 17.6. The summed E-state index contributed by atoms with van der Waals surface area (Å²) in [5.41, 5.74) is 0.804. The van der Waals surface area contributed by atoms with Crippen molar-refractivity contribution >= 4 is 23.1 Å². The maximum Gasteiger partial charge on any atom is 0.300 e. The number of benzene rings is 2. The third kappa shape index (κ3) is 3.26. The van der Waals surface area contributed by atoms with E-state index in [1.807, 2.05) is 0 Å². The molecule has 1 fully saturated rings. The van der Waals surface area contributed by atoms with E-state index in [-0.39, 0.29) is 39.8 Å². The van der Waals surface area contributed by atoms with Gasteiger partial charge in [-0.15, -0.1) is 0 Å². The van der Waals surface area contributed by atoms with Crippen molar-refractivity contribution in [3.05, 3.63) is 77.3 Å². The minimum absolute atomic E-state index is 0.125. The molecule has 0 spiro atoms. The van der Waals surface area contributed by atoms with Crippen molar-refractivity contribution in [1.82, 2.24) is 0 Å². The van der Waals surface area contributed by atoms with Gasteiger partial charge in [0, 0.05) is 0 Å². The molecule has 4 rings (SSSR count). The van der Waals surface area contributed by atoms with Crippen LogP contribution in [0, 0.1) is 6.92 Å². The van der Waals surface area contributed by atoms with E-state index in [2.05, 4.69) is 0 Å². The minimum atomic E-state index is -1.12. The Hall–Kier alpha value is -4.20. The number of methoxy groups -OCH3 is 2. The van der Waals surface area contributed by atoms with Crippen LogP contribution in [0.25, 0.3) is 5.76 Å². The van der Waals surface area contributed by atoms with Gasteiger partial charge in [0.1, 0.15) is 40.4 Å². The lowest BCUT2D eigenvalue weighted by atomic mass is 9.98. The number of nitrogens with zero attached hydrogens (tertiary/aromatic N) is 1. The number of aliphatic hydroxyl groups is 1. The summed E-state index contributed by atoms with van der Waals surface area (Å²) in [6.45, 7) is 1.79. The number of ether oxygens (including phenoxy) is 2. The van der Waals surface area contributed by atoms with E-state index >= 15 is 0 Å². The molecule has 1 aliphatic rings. The van der Waals surface area contributed by atoms with Crippen molar-refractivity contribution in [2.45, 2.75) is 13.0 Å². The lowest BCUT2D eigenvalue weighted by Crippen LogP contribution is -2.29. The first-order valence-corrected chi connectivity index (χ1v) is 9.74. The summed E-state index contributed by atoms with van der Waals surface area (Å²) in [7, 11) is 2.83. The van der Waals surface area contributed by atoms with E-state index in [4.69, 9.17) is 13.9 Å². The molecule has 1 atom stereocenters. The molecule has 0 saturated carbocycles. The first-order chi connectivity index (χ1) is 15.4. The number of Topliss-reactive ketones (excluding diaryl/α,β-unsaturated/α-hetero) is 1. The number of carbonyl (C=O) groups excluding carboxylic acids is 2. The fourth-order valence-corrected chi connectivity index (χ4v) is 3.84. The molecule has 32 heavy (non-hydrogen) atoms. The van der Waals surface area contributed by atoms with Crippen molar-refractivity contribution in [3.63, 3.8) is 0 Å². The third-order valence-corrected chi connectivity index (χ3v) is 5.31. The van der Waals surface area contributed by atoms with Gasteiger partial charge in [-0.2, -0.15) is 0 Å². The number of hydrogen-bond acceptors (Lipinski definition) is 7. The van der Waals surface area contributed by atoms with E-state index in [1.54, 1.807) is 49.4 Å². The van der Waals surface area contributed by atoms with Crippen LogP contribution in [0.15, 0.2) is 64.8 Å². The molecule has 1 saturated heterocycles. The van der Waals surface area contributed by atoms with Crippen LogP contribution in [0.1, 0.15) is 22.9 Å². The number of aryl methyl sites for hydroxylation is 1. The molecule has 3 aromatic rings. The second-order valence-corrected chi connectivity index (χ2v) is 7.21. The Morgan fingerprint density at radius 1 is 1.03 bits per heavy atom. The second kappa shape index (κ2) is 8.14. The second-order valence-electron chi connectivity index (χ2n) is 7.21. The van der Waals surface area contributed by atoms with Gasteiger partial charge in [-0.25, -0.2) is 0 Å². The van der Waals surface area contributed by atoms with Crippen LogP contribution >= 0.6 is 0 Å². The highest BCUT2D eigenvalue weighted by Gasteiger charge is 2.49. The van der Waals surface area contributed by atoms with Crippen LogP contribution in [-0.2, 0) is 9.59 Å². The van der Waals surface area contributed by atoms with E-state index < -0.39 is 23.5 Å². The van der Waals surface area contributed by atoms with Gasteiger partial charge in [-0.3, -0.25) is 14.5 Å². The van der Waals surface area contributed by atoms with Crippen LogP contribution in [0.2, 0.25) is 0 Å². The summed E-state index contributed by atoms with van der Waals surface area (Å²) in [6, 6.07) is 11.6. The smallest absolute Gasteiger partial charge is 0.300 e. The van der Waals surface area contributed by atoms with Crippen molar-refractivity contribution in [1.29, 1.82) is 0 Å².